The Morgan fingerprint density at radius 1 is 1.08 bits per heavy atom. The number of amides is 2. The van der Waals surface area contributed by atoms with Crippen molar-refractivity contribution in [2.24, 2.45) is 0 Å². The Morgan fingerprint density at radius 3 is 2.50 bits per heavy atom. The molecule has 2 aromatic rings. The molecule has 134 valence electrons. The second-order valence-corrected chi connectivity index (χ2v) is 6.44. The van der Waals surface area contributed by atoms with Crippen molar-refractivity contribution in [2.45, 2.75) is 6.92 Å². The lowest BCUT2D eigenvalue weighted by Gasteiger charge is -2.13. The van der Waals surface area contributed by atoms with Crippen LogP contribution in [0.3, 0.4) is 0 Å². The molecule has 0 aliphatic carbocycles. The van der Waals surface area contributed by atoms with Crippen molar-refractivity contribution in [3.8, 4) is 5.75 Å². The zero-order chi connectivity index (χ0) is 18.8. The number of nitrogens with one attached hydrogen (secondary N) is 1. The van der Waals surface area contributed by atoms with Gasteiger partial charge in [0, 0.05) is 17.6 Å². The lowest BCUT2D eigenvalue weighted by molar-refractivity contribution is -0.135. The third-order valence-corrected chi connectivity index (χ3v) is 4.48. The minimum absolute atomic E-state index is 0.147. The van der Waals surface area contributed by atoms with E-state index in [0.29, 0.717) is 33.7 Å². The number of hydrogen-bond donors (Lipinski definition) is 1. The van der Waals surface area contributed by atoms with E-state index in [1.165, 1.54) is 13.1 Å². The molecule has 0 aromatic heterocycles. The molecule has 1 N–H and O–H groups in total. The molecular formula is C19H16Cl2N2O3. The Bertz CT molecular complexity index is 925. The van der Waals surface area contributed by atoms with Gasteiger partial charge in [0.2, 0.25) is 0 Å². The van der Waals surface area contributed by atoms with Crippen molar-refractivity contribution in [3.05, 3.63) is 63.8 Å². The van der Waals surface area contributed by atoms with Crippen LogP contribution < -0.4 is 10.1 Å². The van der Waals surface area contributed by atoms with Crippen LogP contribution >= 0.6 is 23.2 Å². The average molecular weight is 391 g/mol. The van der Waals surface area contributed by atoms with Gasteiger partial charge in [-0.25, -0.2) is 0 Å². The zero-order valence-corrected chi connectivity index (χ0v) is 15.7. The molecule has 0 spiro atoms. The maximum Gasteiger partial charge on any atom is 0.277 e. The molecule has 0 saturated heterocycles. The van der Waals surface area contributed by atoms with E-state index < -0.39 is 11.8 Å². The minimum atomic E-state index is -0.442. The van der Waals surface area contributed by atoms with Gasteiger partial charge in [0.25, 0.3) is 11.8 Å². The van der Waals surface area contributed by atoms with Gasteiger partial charge < -0.3 is 10.1 Å². The van der Waals surface area contributed by atoms with Crippen molar-refractivity contribution in [2.75, 3.05) is 19.0 Å². The molecule has 0 atom stereocenters. The topological polar surface area (TPSA) is 58.6 Å². The quantitative estimate of drug-likeness (QED) is 0.776. The van der Waals surface area contributed by atoms with Crippen LogP contribution in [0.1, 0.15) is 12.5 Å². The fourth-order valence-electron chi connectivity index (χ4n) is 2.69. The number of anilines is 1. The number of nitrogens with zero attached hydrogens (tertiary/aromatic N) is 1. The van der Waals surface area contributed by atoms with E-state index >= 15 is 0 Å². The smallest absolute Gasteiger partial charge is 0.277 e. The SMILES string of the molecule is CCOc1ccccc1NC1=C(c2ccc(Cl)cc2Cl)C(=O)N(C)C1=O. The number of ether oxygens (including phenoxy) is 1. The summed E-state index contributed by atoms with van der Waals surface area (Å²) in [5.41, 5.74) is 1.37. The summed E-state index contributed by atoms with van der Waals surface area (Å²) in [6.07, 6.45) is 0. The number of para-hydroxylation sites is 2. The largest absolute Gasteiger partial charge is 0.492 e. The average Bonchev–Trinajstić information content (AvgIpc) is 2.81. The van der Waals surface area contributed by atoms with E-state index in [9.17, 15) is 9.59 Å². The van der Waals surface area contributed by atoms with Gasteiger partial charge in [-0.2, -0.15) is 0 Å². The molecular weight excluding hydrogens is 375 g/mol. The number of benzene rings is 2. The molecule has 0 unspecified atom stereocenters. The number of carbonyl (C=O) groups is 2. The van der Waals surface area contributed by atoms with E-state index in [4.69, 9.17) is 27.9 Å². The summed E-state index contributed by atoms with van der Waals surface area (Å²) in [5.74, 6) is -0.295. The number of hydrogen-bond acceptors (Lipinski definition) is 4. The van der Waals surface area contributed by atoms with Crippen LogP contribution in [0.15, 0.2) is 48.2 Å². The van der Waals surface area contributed by atoms with Crippen molar-refractivity contribution >= 4 is 46.3 Å². The Kier molecular flexibility index (Phi) is 5.20. The summed E-state index contributed by atoms with van der Waals surface area (Å²) in [4.78, 5) is 26.3. The monoisotopic (exact) mass is 390 g/mol. The first kappa shape index (κ1) is 18.3. The first-order valence-electron chi connectivity index (χ1n) is 7.95. The van der Waals surface area contributed by atoms with Gasteiger partial charge in [-0.1, -0.05) is 41.4 Å². The highest BCUT2D eigenvalue weighted by Gasteiger charge is 2.37. The normalized spacial score (nSPS) is 14.2. The predicted molar refractivity (Wildman–Crippen MR) is 102 cm³/mol. The summed E-state index contributed by atoms with van der Waals surface area (Å²) in [6, 6.07) is 12.0. The summed E-state index contributed by atoms with van der Waals surface area (Å²) >= 11 is 12.2. The van der Waals surface area contributed by atoms with E-state index in [1.54, 1.807) is 24.3 Å². The Morgan fingerprint density at radius 2 is 1.81 bits per heavy atom. The summed E-state index contributed by atoms with van der Waals surface area (Å²) < 4.78 is 5.58. The van der Waals surface area contributed by atoms with Gasteiger partial charge in [-0.15, -0.1) is 0 Å². The molecule has 2 aromatic carbocycles. The highest BCUT2D eigenvalue weighted by molar-refractivity contribution is 6.41. The lowest BCUT2D eigenvalue weighted by atomic mass is 10.0. The molecule has 3 rings (SSSR count). The number of carbonyl (C=O) groups excluding carboxylic acids is 2. The maximum absolute atomic E-state index is 12.6. The van der Waals surface area contributed by atoms with E-state index in [-0.39, 0.29) is 11.3 Å². The van der Waals surface area contributed by atoms with Crippen LogP contribution in [0, 0.1) is 0 Å². The van der Waals surface area contributed by atoms with Gasteiger partial charge >= 0.3 is 0 Å². The van der Waals surface area contributed by atoms with Gasteiger partial charge in [0.1, 0.15) is 11.4 Å². The van der Waals surface area contributed by atoms with Crippen LogP contribution in [-0.2, 0) is 9.59 Å². The number of likely N-dealkylation sites (N-methyl/N-ethyl adjacent to an activating group) is 1. The molecule has 2 amide bonds. The molecule has 0 saturated carbocycles. The number of rotatable bonds is 5. The molecule has 1 heterocycles. The first-order chi connectivity index (χ1) is 12.4. The summed E-state index contributed by atoms with van der Waals surface area (Å²) in [7, 11) is 1.43. The summed E-state index contributed by atoms with van der Waals surface area (Å²) in [5, 5.41) is 3.78. The Labute approximate surface area is 161 Å². The van der Waals surface area contributed by atoms with Crippen LogP contribution in [0.2, 0.25) is 10.0 Å². The fourth-order valence-corrected chi connectivity index (χ4v) is 3.19. The lowest BCUT2D eigenvalue weighted by Crippen LogP contribution is -2.28. The van der Waals surface area contributed by atoms with Crippen molar-refractivity contribution in [1.82, 2.24) is 4.90 Å². The number of halogens is 2. The zero-order valence-electron chi connectivity index (χ0n) is 14.2. The first-order valence-corrected chi connectivity index (χ1v) is 8.70. The van der Waals surface area contributed by atoms with Gasteiger partial charge in [-0.3, -0.25) is 14.5 Å². The highest BCUT2D eigenvalue weighted by Crippen LogP contribution is 2.36. The van der Waals surface area contributed by atoms with Crippen molar-refractivity contribution in [3.63, 3.8) is 0 Å². The third-order valence-electron chi connectivity index (χ3n) is 3.93. The molecule has 7 heteroatoms. The van der Waals surface area contributed by atoms with E-state index in [0.717, 1.165) is 4.90 Å². The van der Waals surface area contributed by atoms with Gasteiger partial charge in [-0.05, 0) is 31.2 Å². The predicted octanol–water partition coefficient (Wildman–Crippen LogP) is 4.21. The molecule has 26 heavy (non-hydrogen) atoms. The Balaban J connectivity index is 2.12. The highest BCUT2D eigenvalue weighted by atomic mass is 35.5. The molecule has 1 aliphatic heterocycles. The van der Waals surface area contributed by atoms with Crippen molar-refractivity contribution < 1.29 is 14.3 Å². The second-order valence-electron chi connectivity index (χ2n) is 5.60. The standard InChI is InChI=1S/C19H16Cl2N2O3/c1-3-26-15-7-5-4-6-14(15)22-17-16(18(24)23(2)19(17)25)12-9-8-11(20)10-13(12)21/h4-10,22H,3H2,1-2H3. The molecule has 5 nitrogen and oxygen atoms in total. The minimum Gasteiger partial charge on any atom is -0.492 e. The molecule has 0 radical (unpaired) electrons. The molecule has 0 fully saturated rings. The molecule has 1 aliphatic rings. The molecule has 0 bridgehead atoms. The Hall–Kier alpha value is -2.50. The van der Waals surface area contributed by atoms with Crippen LogP contribution in [0.25, 0.3) is 5.57 Å². The maximum atomic E-state index is 12.6. The van der Waals surface area contributed by atoms with Gasteiger partial charge in [0.05, 0.1) is 22.9 Å². The van der Waals surface area contributed by atoms with Crippen LogP contribution in [0.5, 0.6) is 5.75 Å². The third kappa shape index (κ3) is 3.28. The van der Waals surface area contributed by atoms with Crippen LogP contribution in [0.4, 0.5) is 5.69 Å². The second kappa shape index (κ2) is 7.40. The summed E-state index contributed by atoms with van der Waals surface area (Å²) in [6.45, 7) is 2.34. The number of imide groups is 1. The fraction of sp³-hybridized carbons (Fsp3) is 0.158. The van der Waals surface area contributed by atoms with E-state index in [2.05, 4.69) is 5.32 Å². The van der Waals surface area contributed by atoms with Crippen molar-refractivity contribution in [1.29, 1.82) is 0 Å². The van der Waals surface area contributed by atoms with E-state index in [1.807, 2.05) is 19.1 Å². The van der Waals surface area contributed by atoms with Gasteiger partial charge in [0.15, 0.2) is 0 Å². The van der Waals surface area contributed by atoms with Crippen LogP contribution in [-0.4, -0.2) is 30.4 Å².